The number of sulfone groups is 1. The Bertz CT molecular complexity index is 870. The third kappa shape index (κ3) is 4.35. The molecular formula is C19H25NO7S. The van der Waals surface area contributed by atoms with E-state index in [0.29, 0.717) is 18.4 Å². The van der Waals surface area contributed by atoms with Crippen LogP contribution in [0.15, 0.2) is 23.1 Å². The predicted octanol–water partition coefficient (Wildman–Crippen LogP) is 2.21. The summed E-state index contributed by atoms with van der Waals surface area (Å²) in [5, 5.41) is 1.90. The van der Waals surface area contributed by atoms with Crippen molar-refractivity contribution in [3.05, 3.63) is 29.3 Å². The number of nitrogens with one attached hydrogen (secondary N) is 1. The Labute approximate surface area is 164 Å². The molecule has 1 aliphatic rings. The molecule has 1 saturated carbocycles. The highest BCUT2D eigenvalue weighted by Crippen LogP contribution is 2.42. The van der Waals surface area contributed by atoms with Gasteiger partial charge in [0.25, 0.3) is 5.91 Å². The highest BCUT2D eigenvalue weighted by atomic mass is 32.2. The molecule has 0 bridgehead atoms. The third-order valence-electron chi connectivity index (χ3n) is 4.78. The zero-order valence-electron chi connectivity index (χ0n) is 16.2. The summed E-state index contributed by atoms with van der Waals surface area (Å²) in [5.41, 5.74) is 1.31. The van der Waals surface area contributed by atoms with Crippen molar-refractivity contribution >= 4 is 27.8 Å². The fraction of sp³-hybridized carbons (Fsp3) is 0.526. The van der Waals surface area contributed by atoms with Gasteiger partial charge in [-0.15, -0.1) is 0 Å². The lowest BCUT2D eigenvalue weighted by Crippen LogP contribution is -2.46. The highest BCUT2D eigenvalue weighted by molar-refractivity contribution is 7.93. The minimum Gasteiger partial charge on any atom is -0.454 e. The smallest absolute Gasteiger partial charge is 0.413 e. The summed E-state index contributed by atoms with van der Waals surface area (Å²) in [6.07, 6.45) is 0.423. The maximum Gasteiger partial charge on any atom is 0.413 e. The highest BCUT2D eigenvalue weighted by Gasteiger charge is 2.54. The average Bonchev–Trinajstić information content (AvgIpc) is 3.13. The van der Waals surface area contributed by atoms with E-state index in [2.05, 4.69) is 4.74 Å². The third-order valence-corrected chi connectivity index (χ3v) is 7.40. The Morgan fingerprint density at radius 1 is 1.11 bits per heavy atom. The summed E-state index contributed by atoms with van der Waals surface area (Å²) < 4.78 is 34.7. The molecule has 0 aliphatic heterocycles. The topological polar surface area (TPSA) is 116 Å². The summed E-state index contributed by atoms with van der Waals surface area (Å²) in [6.45, 7) is 4.34. The molecule has 1 aromatic carbocycles. The SMILES string of the molecule is CCOC(=O)NC(=O)COC(=O)C1(S(=O)(=O)c2cc(C)ccc2C)CCCC1. The molecule has 1 aliphatic carbocycles. The molecule has 0 aromatic heterocycles. The van der Waals surface area contributed by atoms with Crippen molar-refractivity contribution in [3.63, 3.8) is 0 Å². The monoisotopic (exact) mass is 411 g/mol. The first kappa shape index (κ1) is 21.9. The summed E-state index contributed by atoms with van der Waals surface area (Å²) in [4.78, 5) is 35.9. The fourth-order valence-corrected chi connectivity index (χ4v) is 5.67. The molecule has 0 spiro atoms. The maximum absolute atomic E-state index is 13.4. The van der Waals surface area contributed by atoms with Crippen LogP contribution < -0.4 is 5.32 Å². The quantitative estimate of drug-likeness (QED) is 0.713. The van der Waals surface area contributed by atoms with E-state index in [1.807, 2.05) is 5.32 Å². The van der Waals surface area contributed by atoms with Crippen molar-refractivity contribution in [1.82, 2.24) is 5.32 Å². The summed E-state index contributed by atoms with van der Waals surface area (Å²) in [6, 6.07) is 5.04. The van der Waals surface area contributed by atoms with E-state index in [-0.39, 0.29) is 24.3 Å². The molecule has 9 heteroatoms. The number of ether oxygens (including phenoxy) is 2. The number of aryl methyl sites for hydroxylation is 2. The predicted molar refractivity (Wildman–Crippen MR) is 100 cm³/mol. The number of benzene rings is 1. The minimum atomic E-state index is -4.03. The standard InChI is InChI=1S/C19H25NO7S/c1-4-26-18(23)20-16(21)12-27-17(22)19(9-5-6-10-19)28(24,25)15-11-13(2)7-8-14(15)3/h7-8,11H,4-6,9-10,12H2,1-3H3,(H,20,21,23). The van der Waals surface area contributed by atoms with Gasteiger partial charge in [0.1, 0.15) is 0 Å². The molecule has 1 aromatic rings. The number of alkyl carbamates (subject to hydrolysis) is 1. The van der Waals surface area contributed by atoms with Crippen LogP contribution in [-0.2, 0) is 28.9 Å². The molecule has 0 atom stereocenters. The number of rotatable bonds is 6. The Morgan fingerprint density at radius 3 is 2.36 bits per heavy atom. The number of carbonyl (C=O) groups excluding carboxylic acids is 3. The van der Waals surface area contributed by atoms with E-state index in [4.69, 9.17) is 4.74 Å². The van der Waals surface area contributed by atoms with Gasteiger partial charge >= 0.3 is 12.1 Å². The van der Waals surface area contributed by atoms with Gasteiger partial charge in [-0.3, -0.25) is 14.9 Å². The second kappa shape index (κ2) is 8.72. The van der Waals surface area contributed by atoms with Gasteiger partial charge in [0.15, 0.2) is 21.2 Å². The van der Waals surface area contributed by atoms with Crippen LogP contribution in [0.1, 0.15) is 43.7 Å². The maximum atomic E-state index is 13.4. The van der Waals surface area contributed by atoms with E-state index in [9.17, 15) is 22.8 Å². The molecule has 154 valence electrons. The number of amides is 2. The molecule has 1 N–H and O–H groups in total. The first-order chi connectivity index (χ1) is 13.1. The Morgan fingerprint density at radius 2 is 1.75 bits per heavy atom. The fourth-order valence-electron chi connectivity index (χ4n) is 3.32. The average molecular weight is 411 g/mol. The van der Waals surface area contributed by atoms with Crippen LogP contribution in [0.5, 0.6) is 0 Å². The van der Waals surface area contributed by atoms with Crippen molar-refractivity contribution in [1.29, 1.82) is 0 Å². The van der Waals surface area contributed by atoms with Gasteiger partial charge < -0.3 is 9.47 Å². The second-order valence-electron chi connectivity index (χ2n) is 6.82. The van der Waals surface area contributed by atoms with Crippen LogP contribution in [-0.4, -0.2) is 44.3 Å². The van der Waals surface area contributed by atoms with Gasteiger partial charge in [0.2, 0.25) is 0 Å². The molecule has 8 nitrogen and oxygen atoms in total. The van der Waals surface area contributed by atoms with Gasteiger partial charge in [-0.1, -0.05) is 25.0 Å². The molecule has 0 heterocycles. The summed E-state index contributed by atoms with van der Waals surface area (Å²) >= 11 is 0. The van der Waals surface area contributed by atoms with Crippen molar-refractivity contribution < 1.29 is 32.3 Å². The van der Waals surface area contributed by atoms with Gasteiger partial charge in [0.05, 0.1) is 11.5 Å². The molecule has 0 radical (unpaired) electrons. The lowest BCUT2D eigenvalue weighted by molar-refractivity contribution is -0.151. The lowest BCUT2D eigenvalue weighted by atomic mass is 10.1. The Balaban J connectivity index is 2.23. The van der Waals surface area contributed by atoms with E-state index in [1.54, 1.807) is 39.0 Å². The van der Waals surface area contributed by atoms with E-state index in [1.165, 1.54) is 0 Å². The molecule has 0 unspecified atom stereocenters. The van der Waals surface area contributed by atoms with E-state index >= 15 is 0 Å². The van der Waals surface area contributed by atoms with Crippen LogP contribution in [0.2, 0.25) is 0 Å². The van der Waals surface area contributed by atoms with Crippen molar-refractivity contribution in [2.24, 2.45) is 0 Å². The second-order valence-corrected chi connectivity index (χ2v) is 9.05. The van der Waals surface area contributed by atoms with Crippen LogP contribution in [0.4, 0.5) is 4.79 Å². The number of carbonyl (C=O) groups is 3. The summed E-state index contributed by atoms with van der Waals surface area (Å²) in [7, 11) is -4.03. The zero-order valence-corrected chi connectivity index (χ0v) is 17.1. The van der Waals surface area contributed by atoms with E-state index < -0.39 is 39.2 Å². The van der Waals surface area contributed by atoms with Crippen LogP contribution >= 0.6 is 0 Å². The van der Waals surface area contributed by atoms with Crippen LogP contribution in [0, 0.1) is 13.8 Å². The molecule has 2 amide bonds. The summed E-state index contributed by atoms with van der Waals surface area (Å²) in [5.74, 6) is -1.85. The van der Waals surface area contributed by atoms with Gasteiger partial charge in [-0.25, -0.2) is 13.2 Å². The van der Waals surface area contributed by atoms with Crippen molar-refractivity contribution in [2.45, 2.75) is 56.1 Å². The first-order valence-corrected chi connectivity index (χ1v) is 10.6. The largest absolute Gasteiger partial charge is 0.454 e. The van der Waals surface area contributed by atoms with Crippen molar-refractivity contribution in [2.75, 3.05) is 13.2 Å². The van der Waals surface area contributed by atoms with Gasteiger partial charge in [0, 0.05) is 0 Å². The first-order valence-electron chi connectivity index (χ1n) is 9.10. The van der Waals surface area contributed by atoms with E-state index in [0.717, 1.165) is 5.56 Å². The number of esters is 1. The van der Waals surface area contributed by atoms with Crippen LogP contribution in [0.3, 0.4) is 0 Å². The molecule has 1 fully saturated rings. The molecule has 2 rings (SSSR count). The molecule has 0 saturated heterocycles. The normalized spacial score (nSPS) is 15.7. The lowest BCUT2D eigenvalue weighted by Gasteiger charge is -2.27. The van der Waals surface area contributed by atoms with Gasteiger partial charge in [-0.2, -0.15) is 0 Å². The Kier molecular flexibility index (Phi) is 6.82. The molecular weight excluding hydrogens is 386 g/mol. The Hall–Kier alpha value is -2.42. The number of imide groups is 1. The number of hydrogen-bond acceptors (Lipinski definition) is 7. The molecule has 28 heavy (non-hydrogen) atoms. The number of hydrogen-bond donors (Lipinski definition) is 1. The van der Waals surface area contributed by atoms with Crippen molar-refractivity contribution in [3.8, 4) is 0 Å². The van der Waals surface area contributed by atoms with Gasteiger partial charge in [-0.05, 0) is 50.8 Å². The zero-order chi connectivity index (χ0) is 20.9. The minimum absolute atomic E-state index is 0.0795. The van der Waals surface area contributed by atoms with Crippen LogP contribution in [0.25, 0.3) is 0 Å².